The lowest BCUT2D eigenvalue weighted by atomic mass is 9.97. The number of ether oxygens (including phenoxy) is 4. The first-order valence-corrected chi connectivity index (χ1v) is 7.32. The second-order valence-electron chi connectivity index (χ2n) is 5.72. The van der Waals surface area contributed by atoms with E-state index in [0.717, 1.165) is 0 Å². The highest BCUT2D eigenvalue weighted by Crippen LogP contribution is 2.29. The molecule has 0 unspecified atom stereocenters. The van der Waals surface area contributed by atoms with Crippen LogP contribution in [0.4, 0.5) is 0 Å². The molecule has 0 bridgehead atoms. The highest BCUT2D eigenvalue weighted by Gasteiger charge is 2.49. The number of aliphatic hydroxyl groups excluding tert-OH is 6. The Bertz CT molecular complexity index is 380. The average molecular weight is 340 g/mol. The van der Waals surface area contributed by atoms with Crippen molar-refractivity contribution < 1.29 is 49.6 Å². The summed E-state index contributed by atoms with van der Waals surface area (Å²) in [5, 5.41) is 58.5. The fraction of sp³-hybridized carbons (Fsp3) is 1.00. The molecule has 0 radical (unpaired) electrons. The van der Waals surface area contributed by atoms with Crippen molar-refractivity contribution in [3.63, 3.8) is 0 Å². The van der Waals surface area contributed by atoms with Crippen LogP contribution in [0.1, 0.15) is 6.92 Å². The number of methoxy groups -OCH3 is 1. The van der Waals surface area contributed by atoms with E-state index in [-0.39, 0.29) is 0 Å². The van der Waals surface area contributed by atoms with E-state index >= 15 is 0 Å². The Kier molecular flexibility index (Phi) is 6.30. The molecule has 6 N–H and O–H groups in total. The molecule has 23 heavy (non-hydrogen) atoms. The summed E-state index contributed by atoms with van der Waals surface area (Å²) in [6.07, 6.45) is -12.9. The Morgan fingerprint density at radius 3 is 2.04 bits per heavy atom. The van der Waals surface area contributed by atoms with Gasteiger partial charge in [-0.25, -0.2) is 0 Å². The average Bonchev–Trinajstić information content (AvgIpc) is 2.54. The Morgan fingerprint density at radius 2 is 1.48 bits per heavy atom. The SMILES string of the molecule is CO[C@H]1O[C@@H](CO)[C@@H](O)[C@@H](O)[C@H]1O[C@@H]1O[C@H](C)[C@@H](O)[C@H](O)[C@@H]1O. The van der Waals surface area contributed by atoms with Crippen LogP contribution in [0.25, 0.3) is 0 Å². The van der Waals surface area contributed by atoms with E-state index in [2.05, 4.69) is 0 Å². The molecule has 2 rings (SSSR count). The van der Waals surface area contributed by atoms with Crippen LogP contribution in [0, 0.1) is 0 Å². The molecule has 10 atom stereocenters. The first-order valence-electron chi connectivity index (χ1n) is 7.32. The standard InChI is InChI=1S/C13H24O10/c1-4-6(15)8(17)10(19)12(21-4)23-11-9(18)7(16)5(3-14)22-13(11)20-2/h4-19H,3H2,1-2H3/t4-,5+,6-,7-,8+,9-,10+,11-,12+,13+/m1/s1. The van der Waals surface area contributed by atoms with E-state index in [4.69, 9.17) is 24.1 Å². The van der Waals surface area contributed by atoms with Crippen LogP contribution in [0.2, 0.25) is 0 Å². The van der Waals surface area contributed by atoms with Gasteiger partial charge in [0.1, 0.15) is 42.7 Å². The molecule has 2 aliphatic heterocycles. The molecule has 0 aliphatic carbocycles. The van der Waals surface area contributed by atoms with Crippen LogP contribution in [0.5, 0.6) is 0 Å². The van der Waals surface area contributed by atoms with E-state index in [1.165, 1.54) is 14.0 Å². The highest BCUT2D eigenvalue weighted by molar-refractivity contribution is 4.92. The summed E-state index contributed by atoms with van der Waals surface area (Å²) in [6.45, 7) is 0.948. The first kappa shape index (κ1) is 18.9. The predicted molar refractivity (Wildman–Crippen MR) is 72.0 cm³/mol. The third kappa shape index (κ3) is 3.66. The van der Waals surface area contributed by atoms with Gasteiger partial charge in [0.2, 0.25) is 0 Å². The lowest BCUT2D eigenvalue weighted by Gasteiger charge is -2.45. The van der Waals surface area contributed by atoms with Crippen molar-refractivity contribution >= 4 is 0 Å². The second kappa shape index (κ2) is 7.66. The van der Waals surface area contributed by atoms with Gasteiger partial charge in [0.05, 0.1) is 12.7 Å². The molecule has 0 amide bonds. The summed E-state index contributed by atoms with van der Waals surface area (Å²) in [6, 6.07) is 0. The van der Waals surface area contributed by atoms with Gasteiger partial charge in [-0.15, -0.1) is 0 Å². The van der Waals surface area contributed by atoms with Gasteiger partial charge in [-0.3, -0.25) is 0 Å². The minimum Gasteiger partial charge on any atom is -0.394 e. The number of rotatable bonds is 4. The maximum absolute atomic E-state index is 10.1. The Labute approximate surface area is 132 Å². The van der Waals surface area contributed by atoms with Crippen LogP contribution in [0.15, 0.2) is 0 Å². The van der Waals surface area contributed by atoms with Crippen LogP contribution in [-0.2, 0) is 18.9 Å². The van der Waals surface area contributed by atoms with Crippen molar-refractivity contribution in [2.24, 2.45) is 0 Å². The van der Waals surface area contributed by atoms with Crippen molar-refractivity contribution in [3.05, 3.63) is 0 Å². The molecule has 10 nitrogen and oxygen atoms in total. The fourth-order valence-corrected chi connectivity index (χ4v) is 2.67. The van der Waals surface area contributed by atoms with Crippen molar-refractivity contribution in [2.45, 2.75) is 68.3 Å². The van der Waals surface area contributed by atoms with E-state index in [1.807, 2.05) is 0 Å². The topological polar surface area (TPSA) is 158 Å². The third-order valence-electron chi connectivity index (χ3n) is 4.16. The molecule has 2 saturated heterocycles. The fourth-order valence-electron chi connectivity index (χ4n) is 2.67. The number of hydrogen-bond donors (Lipinski definition) is 6. The Morgan fingerprint density at radius 1 is 0.826 bits per heavy atom. The lowest BCUT2D eigenvalue weighted by Crippen LogP contribution is -2.64. The van der Waals surface area contributed by atoms with E-state index in [1.54, 1.807) is 0 Å². The van der Waals surface area contributed by atoms with Gasteiger partial charge in [0.15, 0.2) is 12.6 Å². The zero-order valence-electron chi connectivity index (χ0n) is 12.8. The predicted octanol–water partition coefficient (Wildman–Crippen LogP) is -3.72. The van der Waals surface area contributed by atoms with Gasteiger partial charge < -0.3 is 49.6 Å². The van der Waals surface area contributed by atoms with Crippen LogP contribution in [-0.4, -0.2) is 106 Å². The van der Waals surface area contributed by atoms with Gasteiger partial charge in [-0.2, -0.15) is 0 Å². The molecular weight excluding hydrogens is 316 g/mol. The summed E-state index contributed by atoms with van der Waals surface area (Å²) in [5.41, 5.74) is 0. The van der Waals surface area contributed by atoms with Crippen molar-refractivity contribution in [1.29, 1.82) is 0 Å². The maximum atomic E-state index is 10.1. The molecule has 0 saturated carbocycles. The Balaban J connectivity index is 2.10. The maximum Gasteiger partial charge on any atom is 0.187 e. The van der Waals surface area contributed by atoms with Gasteiger partial charge in [0.25, 0.3) is 0 Å². The molecule has 10 heteroatoms. The highest BCUT2D eigenvalue weighted by atomic mass is 16.8. The zero-order chi connectivity index (χ0) is 17.3. The summed E-state index contributed by atoms with van der Waals surface area (Å²) in [4.78, 5) is 0. The largest absolute Gasteiger partial charge is 0.394 e. The minimum atomic E-state index is -1.57. The molecular formula is C13H24O10. The smallest absolute Gasteiger partial charge is 0.187 e. The minimum absolute atomic E-state index is 0.532. The van der Waals surface area contributed by atoms with Gasteiger partial charge in [-0.1, -0.05) is 0 Å². The van der Waals surface area contributed by atoms with Crippen molar-refractivity contribution in [2.75, 3.05) is 13.7 Å². The van der Waals surface area contributed by atoms with Gasteiger partial charge in [-0.05, 0) is 6.92 Å². The number of hydrogen-bond acceptors (Lipinski definition) is 10. The molecule has 0 aromatic rings. The normalized spacial score (nSPS) is 51.7. The molecule has 136 valence electrons. The van der Waals surface area contributed by atoms with Crippen molar-refractivity contribution in [3.8, 4) is 0 Å². The first-order chi connectivity index (χ1) is 10.8. The molecule has 0 aromatic carbocycles. The van der Waals surface area contributed by atoms with Gasteiger partial charge in [0, 0.05) is 7.11 Å². The molecule has 0 aromatic heterocycles. The lowest BCUT2D eigenvalue weighted by molar-refractivity contribution is -0.361. The molecule has 2 fully saturated rings. The summed E-state index contributed by atoms with van der Waals surface area (Å²) < 4.78 is 21.0. The summed E-state index contributed by atoms with van der Waals surface area (Å²) in [5.74, 6) is 0. The van der Waals surface area contributed by atoms with Gasteiger partial charge >= 0.3 is 0 Å². The van der Waals surface area contributed by atoms with E-state index in [9.17, 15) is 25.5 Å². The molecule has 0 spiro atoms. The van der Waals surface area contributed by atoms with E-state index in [0.29, 0.717) is 0 Å². The Hall–Kier alpha value is -0.400. The van der Waals surface area contributed by atoms with Crippen LogP contribution in [0.3, 0.4) is 0 Å². The van der Waals surface area contributed by atoms with Crippen LogP contribution < -0.4 is 0 Å². The summed E-state index contributed by atoms with van der Waals surface area (Å²) in [7, 11) is 1.28. The second-order valence-corrected chi connectivity index (χ2v) is 5.72. The summed E-state index contributed by atoms with van der Waals surface area (Å²) >= 11 is 0. The van der Waals surface area contributed by atoms with E-state index < -0.39 is 68.0 Å². The van der Waals surface area contributed by atoms with Crippen LogP contribution >= 0.6 is 0 Å². The molecule has 2 heterocycles. The zero-order valence-corrected chi connectivity index (χ0v) is 12.8. The van der Waals surface area contributed by atoms with Crippen molar-refractivity contribution in [1.82, 2.24) is 0 Å². The molecule has 2 aliphatic rings. The monoisotopic (exact) mass is 340 g/mol. The number of aliphatic hydroxyl groups is 6. The third-order valence-corrected chi connectivity index (χ3v) is 4.16. The quantitative estimate of drug-likeness (QED) is 0.300.